The van der Waals surface area contributed by atoms with E-state index in [9.17, 15) is 4.79 Å². The maximum absolute atomic E-state index is 11.5. The molecule has 0 aromatic rings. The lowest BCUT2D eigenvalue weighted by Crippen LogP contribution is -2.16. The first-order valence-corrected chi connectivity index (χ1v) is 6.99. The third-order valence-electron chi connectivity index (χ3n) is 3.27. The van der Waals surface area contributed by atoms with E-state index in [-0.39, 0.29) is 5.97 Å². The smallest absolute Gasteiger partial charge is 0.305 e. The van der Waals surface area contributed by atoms with E-state index in [0.29, 0.717) is 31.4 Å². The van der Waals surface area contributed by atoms with Crippen molar-refractivity contribution >= 4 is 5.97 Å². The van der Waals surface area contributed by atoms with Crippen LogP contribution in [0.1, 0.15) is 59.3 Å². The summed E-state index contributed by atoms with van der Waals surface area (Å²) in [4.78, 5) is 11.5. The van der Waals surface area contributed by atoms with E-state index in [4.69, 9.17) is 10.5 Å². The first-order valence-electron chi connectivity index (χ1n) is 6.99. The highest BCUT2D eigenvalue weighted by Gasteiger charge is 2.11. The van der Waals surface area contributed by atoms with Crippen molar-refractivity contribution in [3.63, 3.8) is 0 Å². The number of unbranched alkanes of at least 4 members (excludes halogenated alkanes) is 1. The highest BCUT2D eigenvalue weighted by molar-refractivity contribution is 5.69. The average Bonchev–Trinajstić information content (AvgIpc) is 2.36. The summed E-state index contributed by atoms with van der Waals surface area (Å²) in [5.41, 5.74) is 5.50. The molecule has 0 heterocycles. The highest BCUT2D eigenvalue weighted by Crippen LogP contribution is 2.13. The molecule has 0 aromatic carbocycles. The van der Waals surface area contributed by atoms with E-state index in [0.717, 1.165) is 12.8 Å². The first-order chi connectivity index (χ1) is 8.13. The van der Waals surface area contributed by atoms with Gasteiger partial charge in [-0.05, 0) is 31.2 Å². The molecule has 0 bridgehead atoms. The minimum atomic E-state index is -0.0692. The molecule has 0 aromatic heterocycles. The average molecular weight is 243 g/mol. The van der Waals surface area contributed by atoms with Crippen LogP contribution in [0.2, 0.25) is 0 Å². The molecule has 0 aliphatic rings. The summed E-state index contributed by atoms with van der Waals surface area (Å²) in [6.45, 7) is 7.63. The van der Waals surface area contributed by atoms with Crippen molar-refractivity contribution in [3.05, 3.63) is 0 Å². The van der Waals surface area contributed by atoms with Gasteiger partial charge in [0.25, 0.3) is 0 Å². The molecule has 0 saturated heterocycles. The van der Waals surface area contributed by atoms with Gasteiger partial charge in [0.2, 0.25) is 0 Å². The van der Waals surface area contributed by atoms with Crippen LogP contribution in [0.3, 0.4) is 0 Å². The predicted octanol–water partition coefficient (Wildman–Crippen LogP) is 3.12. The monoisotopic (exact) mass is 243 g/mol. The van der Waals surface area contributed by atoms with Crippen LogP contribution in [0.25, 0.3) is 0 Å². The van der Waals surface area contributed by atoms with Gasteiger partial charge in [-0.25, -0.2) is 0 Å². The number of ether oxygens (including phenoxy) is 1. The molecule has 3 heteroatoms. The van der Waals surface area contributed by atoms with Crippen LogP contribution in [0.4, 0.5) is 0 Å². The highest BCUT2D eigenvalue weighted by atomic mass is 16.5. The molecule has 0 aliphatic heterocycles. The van der Waals surface area contributed by atoms with Crippen LogP contribution in [-0.2, 0) is 9.53 Å². The van der Waals surface area contributed by atoms with Gasteiger partial charge in [-0.15, -0.1) is 0 Å². The Kier molecular flexibility index (Phi) is 10.2. The summed E-state index contributed by atoms with van der Waals surface area (Å²) in [7, 11) is 0. The predicted molar refractivity (Wildman–Crippen MR) is 71.7 cm³/mol. The zero-order valence-corrected chi connectivity index (χ0v) is 11.7. The number of rotatable bonds is 10. The largest absolute Gasteiger partial charge is 0.465 e. The maximum atomic E-state index is 11.5. The SMILES string of the molecule is CCCCC(CC)COC(=O)CCC(C)CN. The summed E-state index contributed by atoms with van der Waals surface area (Å²) >= 11 is 0. The van der Waals surface area contributed by atoms with Gasteiger partial charge < -0.3 is 10.5 Å². The van der Waals surface area contributed by atoms with E-state index < -0.39 is 0 Å². The van der Waals surface area contributed by atoms with E-state index in [1.165, 1.54) is 19.3 Å². The van der Waals surface area contributed by atoms with E-state index in [2.05, 4.69) is 20.8 Å². The lowest BCUT2D eigenvalue weighted by molar-refractivity contribution is -0.145. The molecule has 0 rings (SSSR count). The van der Waals surface area contributed by atoms with Crippen molar-refractivity contribution in [2.24, 2.45) is 17.6 Å². The zero-order valence-electron chi connectivity index (χ0n) is 11.7. The molecular weight excluding hydrogens is 214 g/mol. The fourth-order valence-electron chi connectivity index (χ4n) is 1.66. The second-order valence-corrected chi connectivity index (χ2v) is 4.98. The molecule has 0 radical (unpaired) electrons. The van der Waals surface area contributed by atoms with Gasteiger partial charge in [0.05, 0.1) is 6.61 Å². The maximum Gasteiger partial charge on any atom is 0.305 e. The molecule has 2 N–H and O–H groups in total. The summed E-state index contributed by atoms with van der Waals surface area (Å²) in [5.74, 6) is 0.871. The molecular formula is C14H29NO2. The number of nitrogens with two attached hydrogens (primary N) is 1. The lowest BCUT2D eigenvalue weighted by Gasteiger charge is -2.15. The number of esters is 1. The molecule has 0 aliphatic carbocycles. The summed E-state index contributed by atoms with van der Waals surface area (Å²) < 4.78 is 5.31. The van der Waals surface area contributed by atoms with Gasteiger partial charge in [-0.1, -0.05) is 40.0 Å². The number of hydrogen-bond acceptors (Lipinski definition) is 3. The van der Waals surface area contributed by atoms with Gasteiger partial charge in [0.15, 0.2) is 0 Å². The Balaban J connectivity index is 3.65. The van der Waals surface area contributed by atoms with Crippen molar-refractivity contribution in [1.82, 2.24) is 0 Å². The Labute approximate surface area is 106 Å². The Bertz CT molecular complexity index is 195. The standard InChI is InChI=1S/C14H29NO2/c1-4-6-7-13(5-2)11-17-14(16)9-8-12(3)10-15/h12-13H,4-11,15H2,1-3H3. The van der Waals surface area contributed by atoms with E-state index >= 15 is 0 Å². The molecule has 0 saturated carbocycles. The van der Waals surface area contributed by atoms with Crippen LogP contribution in [0.15, 0.2) is 0 Å². The molecule has 0 amide bonds. The van der Waals surface area contributed by atoms with Crippen molar-refractivity contribution < 1.29 is 9.53 Å². The third-order valence-corrected chi connectivity index (χ3v) is 3.27. The number of hydrogen-bond donors (Lipinski definition) is 1. The quantitative estimate of drug-likeness (QED) is 0.600. The molecule has 0 fully saturated rings. The van der Waals surface area contributed by atoms with Crippen molar-refractivity contribution in [3.8, 4) is 0 Å². The summed E-state index contributed by atoms with van der Waals surface area (Å²) in [5, 5.41) is 0. The van der Waals surface area contributed by atoms with Crippen LogP contribution in [-0.4, -0.2) is 19.1 Å². The van der Waals surface area contributed by atoms with Crippen LogP contribution >= 0.6 is 0 Å². The number of carbonyl (C=O) groups is 1. The van der Waals surface area contributed by atoms with Crippen molar-refractivity contribution in [1.29, 1.82) is 0 Å². The second kappa shape index (κ2) is 10.6. The van der Waals surface area contributed by atoms with Crippen molar-refractivity contribution in [2.45, 2.75) is 59.3 Å². The zero-order chi connectivity index (χ0) is 13.1. The topological polar surface area (TPSA) is 52.3 Å². The second-order valence-electron chi connectivity index (χ2n) is 4.98. The minimum Gasteiger partial charge on any atom is -0.465 e. The Morgan fingerprint density at radius 2 is 2.00 bits per heavy atom. The Morgan fingerprint density at radius 3 is 2.53 bits per heavy atom. The van der Waals surface area contributed by atoms with Gasteiger partial charge in [0, 0.05) is 6.42 Å². The molecule has 17 heavy (non-hydrogen) atoms. The summed E-state index contributed by atoms with van der Waals surface area (Å²) in [6.07, 6.45) is 6.02. The molecule has 0 spiro atoms. The molecule has 102 valence electrons. The Hall–Kier alpha value is -0.570. The van der Waals surface area contributed by atoms with E-state index in [1.54, 1.807) is 0 Å². The van der Waals surface area contributed by atoms with Gasteiger partial charge in [0.1, 0.15) is 0 Å². The van der Waals surface area contributed by atoms with Gasteiger partial charge in [-0.3, -0.25) is 4.79 Å². The molecule has 2 unspecified atom stereocenters. The van der Waals surface area contributed by atoms with Crippen LogP contribution < -0.4 is 5.73 Å². The van der Waals surface area contributed by atoms with Crippen LogP contribution in [0.5, 0.6) is 0 Å². The number of carbonyl (C=O) groups excluding carboxylic acids is 1. The normalized spacial score (nSPS) is 14.4. The Morgan fingerprint density at radius 1 is 1.29 bits per heavy atom. The van der Waals surface area contributed by atoms with E-state index in [1.807, 2.05) is 0 Å². The van der Waals surface area contributed by atoms with Gasteiger partial charge in [-0.2, -0.15) is 0 Å². The first kappa shape index (κ1) is 16.4. The fourth-order valence-corrected chi connectivity index (χ4v) is 1.66. The third kappa shape index (κ3) is 9.16. The molecule has 3 nitrogen and oxygen atoms in total. The minimum absolute atomic E-state index is 0.0692. The lowest BCUT2D eigenvalue weighted by atomic mass is 10.0. The van der Waals surface area contributed by atoms with Crippen molar-refractivity contribution in [2.75, 3.05) is 13.2 Å². The van der Waals surface area contributed by atoms with Gasteiger partial charge >= 0.3 is 5.97 Å². The molecule has 2 atom stereocenters. The van der Waals surface area contributed by atoms with Crippen LogP contribution in [0, 0.1) is 11.8 Å². The summed E-state index contributed by atoms with van der Waals surface area (Å²) in [6, 6.07) is 0. The fraction of sp³-hybridized carbons (Fsp3) is 0.929.